The molecule has 2 rings (SSSR count). The molecule has 1 heteroatoms. The Morgan fingerprint density at radius 3 is 2.60 bits per heavy atom. The molecule has 0 saturated heterocycles. The highest BCUT2D eigenvalue weighted by Gasteiger charge is 2.42. The number of hydrogen-bond acceptors (Lipinski definition) is 1. The Balaban J connectivity index is 2.19. The first-order valence-electron chi connectivity index (χ1n) is 5.96. The van der Waals surface area contributed by atoms with Gasteiger partial charge in [-0.25, -0.2) is 0 Å². The first-order valence-corrected chi connectivity index (χ1v) is 5.96. The lowest BCUT2D eigenvalue weighted by Crippen LogP contribution is -2.19. The second-order valence-electron chi connectivity index (χ2n) is 5.28. The third-order valence-corrected chi connectivity index (χ3v) is 3.43. The summed E-state index contributed by atoms with van der Waals surface area (Å²) in [6.07, 6.45) is 3.72. The van der Waals surface area contributed by atoms with Crippen LogP contribution in [0.2, 0.25) is 0 Å². The summed E-state index contributed by atoms with van der Waals surface area (Å²) in [6.45, 7) is 5.34. The minimum absolute atomic E-state index is 0.340. The molecule has 0 radical (unpaired) electrons. The van der Waals surface area contributed by atoms with Crippen molar-refractivity contribution in [1.29, 1.82) is 0 Å². The van der Waals surface area contributed by atoms with Gasteiger partial charge in [-0.3, -0.25) is 0 Å². The Kier molecular flexibility index (Phi) is 2.83. The monoisotopic (exact) mass is 203 g/mol. The molecule has 1 aromatic carbocycles. The fourth-order valence-electron chi connectivity index (χ4n) is 2.26. The number of nitrogens with two attached hydrogens (primary N) is 1. The molecule has 0 atom stereocenters. The van der Waals surface area contributed by atoms with Gasteiger partial charge in [-0.1, -0.05) is 38.1 Å². The van der Waals surface area contributed by atoms with Crippen molar-refractivity contribution in [2.45, 2.75) is 38.5 Å². The van der Waals surface area contributed by atoms with Gasteiger partial charge in [0.1, 0.15) is 0 Å². The molecular formula is C14H21N. The number of rotatable bonds is 4. The molecule has 1 saturated carbocycles. The van der Waals surface area contributed by atoms with Crippen molar-refractivity contribution in [1.82, 2.24) is 0 Å². The second-order valence-corrected chi connectivity index (χ2v) is 5.28. The van der Waals surface area contributed by atoms with Crippen LogP contribution in [0.5, 0.6) is 0 Å². The summed E-state index contributed by atoms with van der Waals surface area (Å²) in [6, 6.07) is 9.02. The SMILES string of the molecule is CC(C)Cc1cccc(C2(CN)CC2)c1. The minimum atomic E-state index is 0.340. The Bertz CT molecular complexity index is 337. The van der Waals surface area contributed by atoms with Gasteiger partial charge in [-0.2, -0.15) is 0 Å². The summed E-state index contributed by atoms with van der Waals surface area (Å²) in [5, 5.41) is 0. The Morgan fingerprint density at radius 1 is 1.33 bits per heavy atom. The van der Waals surface area contributed by atoms with Gasteiger partial charge < -0.3 is 5.73 Å². The fraction of sp³-hybridized carbons (Fsp3) is 0.571. The van der Waals surface area contributed by atoms with Crippen LogP contribution in [0.3, 0.4) is 0 Å². The summed E-state index contributed by atoms with van der Waals surface area (Å²) < 4.78 is 0. The maximum atomic E-state index is 5.85. The molecule has 1 aliphatic rings. The lowest BCUT2D eigenvalue weighted by molar-refractivity contribution is 0.643. The van der Waals surface area contributed by atoms with Crippen LogP contribution in [0.4, 0.5) is 0 Å². The molecule has 0 aliphatic heterocycles. The first-order chi connectivity index (χ1) is 7.16. The van der Waals surface area contributed by atoms with Gasteiger partial charge in [0.05, 0.1) is 0 Å². The molecule has 1 fully saturated rings. The van der Waals surface area contributed by atoms with Gasteiger partial charge >= 0.3 is 0 Å². The van der Waals surface area contributed by atoms with Gasteiger partial charge in [0, 0.05) is 12.0 Å². The average molecular weight is 203 g/mol. The quantitative estimate of drug-likeness (QED) is 0.800. The summed E-state index contributed by atoms with van der Waals surface area (Å²) in [4.78, 5) is 0. The Morgan fingerprint density at radius 2 is 2.07 bits per heavy atom. The largest absolute Gasteiger partial charge is 0.330 e. The third kappa shape index (κ3) is 2.23. The zero-order chi connectivity index (χ0) is 10.9. The van der Waals surface area contributed by atoms with E-state index in [-0.39, 0.29) is 0 Å². The van der Waals surface area contributed by atoms with Crippen molar-refractivity contribution in [3.8, 4) is 0 Å². The lowest BCUT2D eigenvalue weighted by Gasteiger charge is -2.14. The molecule has 15 heavy (non-hydrogen) atoms. The lowest BCUT2D eigenvalue weighted by atomic mass is 9.92. The molecule has 0 spiro atoms. The smallest absolute Gasteiger partial charge is 0.00763 e. The van der Waals surface area contributed by atoms with Crippen LogP contribution >= 0.6 is 0 Å². The standard InChI is InChI=1S/C14H21N/c1-11(2)8-12-4-3-5-13(9-12)14(10-15)6-7-14/h3-5,9,11H,6-8,10,15H2,1-2H3. The highest BCUT2D eigenvalue weighted by molar-refractivity contribution is 5.35. The molecule has 0 amide bonds. The highest BCUT2D eigenvalue weighted by Crippen LogP contribution is 2.47. The van der Waals surface area contributed by atoms with E-state index in [0.717, 1.165) is 12.5 Å². The molecule has 1 nitrogen and oxygen atoms in total. The molecule has 0 heterocycles. The van der Waals surface area contributed by atoms with Crippen LogP contribution in [0.1, 0.15) is 37.8 Å². The molecule has 82 valence electrons. The van der Waals surface area contributed by atoms with E-state index in [1.54, 1.807) is 0 Å². The Labute approximate surface area is 92.7 Å². The average Bonchev–Trinajstić information content (AvgIpc) is 2.97. The molecule has 0 aromatic heterocycles. The van der Waals surface area contributed by atoms with E-state index in [2.05, 4.69) is 38.1 Å². The molecule has 1 aliphatic carbocycles. The normalized spacial score (nSPS) is 18.1. The molecule has 0 bridgehead atoms. The summed E-state index contributed by atoms with van der Waals surface area (Å²) in [5.41, 5.74) is 9.11. The molecule has 1 aromatic rings. The van der Waals surface area contributed by atoms with E-state index in [4.69, 9.17) is 5.73 Å². The molecule has 0 unspecified atom stereocenters. The van der Waals surface area contributed by atoms with Gasteiger partial charge in [0.25, 0.3) is 0 Å². The predicted octanol–water partition coefficient (Wildman–Crippen LogP) is 2.88. The third-order valence-electron chi connectivity index (χ3n) is 3.43. The van der Waals surface area contributed by atoms with Crippen LogP contribution in [-0.4, -0.2) is 6.54 Å². The predicted molar refractivity (Wildman–Crippen MR) is 65.0 cm³/mol. The fourth-order valence-corrected chi connectivity index (χ4v) is 2.26. The van der Waals surface area contributed by atoms with Gasteiger partial charge in [-0.05, 0) is 36.3 Å². The van der Waals surface area contributed by atoms with Gasteiger partial charge in [0.2, 0.25) is 0 Å². The zero-order valence-corrected chi connectivity index (χ0v) is 9.79. The van der Waals surface area contributed by atoms with Crippen molar-refractivity contribution >= 4 is 0 Å². The van der Waals surface area contributed by atoms with E-state index in [1.165, 1.54) is 30.4 Å². The van der Waals surface area contributed by atoms with E-state index in [0.29, 0.717) is 5.41 Å². The van der Waals surface area contributed by atoms with Crippen LogP contribution in [0.15, 0.2) is 24.3 Å². The number of hydrogen-bond donors (Lipinski definition) is 1. The molecular weight excluding hydrogens is 182 g/mol. The maximum Gasteiger partial charge on any atom is 0.00763 e. The summed E-state index contributed by atoms with van der Waals surface area (Å²) in [5.74, 6) is 0.730. The van der Waals surface area contributed by atoms with Crippen LogP contribution in [-0.2, 0) is 11.8 Å². The van der Waals surface area contributed by atoms with Crippen molar-refractivity contribution in [2.24, 2.45) is 11.7 Å². The van der Waals surface area contributed by atoms with Crippen molar-refractivity contribution in [2.75, 3.05) is 6.54 Å². The zero-order valence-electron chi connectivity index (χ0n) is 9.79. The van der Waals surface area contributed by atoms with Crippen LogP contribution in [0.25, 0.3) is 0 Å². The van der Waals surface area contributed by atoms with Crippen molar-refractivity contribution < 1.29 is 0 Å². The Hall–Kier alpha value is -0.820. The van der Waals surface area contributed by atoms with E-state index >= 15 is 0 Å². The summed E-state index contributed by atoms with van der Waals surface area (Å²) in [7, 11) is 0. The van der Waals surface area contributed by atoms with E-state index in [1.807, 2.05) is 0 Å². The number of benzene rings is 1. The summed E-state index contributed by atoms with van der Waals surface area (Å²) >= 11 is 0. The van der Waals surface area contributed by atoms with Gasteiger partial charge in [-0.15, -0.1) is 0 Å². The molecule has 2 N–H and O–H groups in total. The maximum absolute atomic E-state index is 5.85. The van der Waals surface area contributed by atoms with Crippen LogP contribution < -0.4 is 5.73 Å². The minimum Gasteiger partial charge on any atom is -0.330 e. The van der Waals surface area contributed by atoms with E-state index in [9.17, 15) is 0 Å². The highest BCUT2D eigenvalue weighted by atomic mass is 14.7. The van der Waals surface area contributed by atoms with Crippen molar-refractivity contribution in [3.63, 3.8) is 0 Å². The van der Waals surface area contributed by atoms with Crippen LogP contribution in [0, 0.1) is 5.92 Å². The van der Waals surface area contributed by atoms with E-state index < -0.39 is 0 Å². The van der Waals surface area contributed by atoms with Gasteiger partial charge in [0.15, 0.2) is 0 Å². The topological polar surface area (TPSA) is 26.0 Å². The van der Waals surface area contributed by atoms with Crippen molar-refractivity contribution in [3.05, 3.63) is 35.4 Å². The second kappa shape index (κ2) is 3.97. The first kappa shape index (κ1) is 10.7.